The molecule has 1 aromatic heterocycles. The van der Waals surface area contributed by atoms with Gasteiger partial charge in [0.2, 0.25) is 5.91 Å². The number of aryl methyl sites for hydroxylation is 4. The molecule has 0 aliphatic heterocycles. The average molecular weight is 418 g/mol. The summed E-state index contributed by atoms with van der Waals surface area (Å²) in [7, 11) is 0. The zero-order valence-electron chi connectivity index (χ0n) is 18.4. The third-order valence-corrected chi connectivity index (χ3v) is 5.36. The van der Waals surface area contributed by atoms with Gasteiger partial charge >= 0.3 is 0 Å². The first-order valence-corrected chi connectivity index (χ1v) is 9.99. The molecule has 7 heteroatoms. The van der Waals surface area contributed by atoms with E-state index in [0.717, 1.165) is 33.6 Å². The van der Waals surface area contributed by atoms with Gasteiger partial charge in [0.15, 0.2) is 0 Å². The van der Waals surface area contributed by atoms with Crippen LogP contribution in [0, 0.1) is 44.7 Å². The van der Waals surface area contributed by atoms with Crippen molar-refractivity contribution in [3.63, 3.8) is 0 Å². The van der Waals surface area contributed by atoms with Gasteiger partial charge in [-0.2, -0.15) is 5.10 Å². The number of rotatable bonds is 6. The number of nitro benzene ring substituents is 1. The van der Waals surface area contributed by atoms with E-state index < -0.39 is 0 Å². The summed E-state index contributed by atoms with van der Waals surface area (Å²) in [5.74, 6) is -0.189. The van der Waals surface area contributed by atoms with Crippen LogP contribution < -0.4 is 5.43 Å². The predicted molar refractivity (Wildman–Crippen MR) is 122 cm³/mol. The minimum Gasteiger partial charge on any atom is -0.318 e. The standard InChI is InChI=1S/C24H26N4O3/c1-15-6-8-20(17(3)10-15)12-24(29)26-25-14-21-11-18(4)27(19(21)5)22-9-7-16(2)23(13-22)28(30)31/h6-11,13-14H,12H2,1-5H3,(H,26,29)/b25-14+. The molecule has 3 aromatic rings. The lowest BCUT2D eigenvalue weighted by Gasteiger charge is -2.10. The van der Waals surface area contributed by atoms with Crippen LogP contribution in [0.1, 0.15) is 39.2 Å². The van der Waals surface area contributed by atoms with Crippen molar-refractivity contribution in [1.82, 2.24) is 9.99 Å². The number of nitrogens with one attached hydrogen (secondary N) is 1. The van der Waals surface area contributed by atoms with Crippen LogP contribution in [0.2, 0.25) is 0 Å². The SMILES string of the molecule is Cc1ccc(CC(=O)N/N=C/c2cc(C)n(-c3ccc(C)c([N+](=O)[O-])c3)c2C)c(C)c1. The lowest BCUT2D eigenvalue weighted by Crippen LogP contribution is -2.20. The first-order valence-electron chi connectivity index (χ1n) is 9.99. The molecule has 0 atom stereocenters. The highest BCUT2D eigenvalue weighted by atomic mass is 16.6. The second-order valence-corrected chi connectivity index (χ2v) is 7.79. The summed E-state index contributed by atoms with van der Waals surface area (Å²) in [5.41, 5.74) is 9.82. The molecule has 1 heterocycles. The first kappa shape index (κ1) is 22.0. The van der Waals surface area contributed by atoms with Crippen LogP contribution in [0.5, 0.6) is 0 Å². The van der Waals surface area contributed by atoms with Crippen LogP contribution in [-0.4, -0.2) is 21.6 Å². The molecule has 0 saturated heterocycles. The van der Waals surface area contributed by atoms with E-state index >= 15 is 0 Å². The van der Waals surface area contributed by atoms with Crippen LogP contribution in [0.4, 0.5) is 5.69 Å². The number of nitro groups is 1. The highest BCUT2D eigenvalue weighted by Crippen LogP contribution is 2.25. The van der Waals surface area contributed by atoms with E-state index in [1.54, 1.807) is 25.3 Å². The average Bonchev–Trinajstić information content (AvgIpc) is 2.98. The Kier molecular flexibility index (Phi) is 6.34. The van der Waals surface area contributed by atoms with Crippen molar-refractivity contribution in [1.29, 1.82) is 0 Å². The second kappa shape index (κ2) is 8.95. The highest BCUT2D eigenvalue weighted by Gasteiger charge is 2.15. The Balaban J connectivity index is 1.76. The second-order valence-electron chi connectivity index (χ2n) is 7.79. The summed E-state index contributed by atoms with van der Waals surface area (Å²) in [5, 5.41) is 15.4. The summed E-state index contributed by atoms with van der Waals surface area (Å²) >= 11 is 0. The third-order valence-electron chi connectivity index (χ3n) is 5.36. The van der Waals surface area contributed by atoms with Crippen LogP contribution >= 0.6 is 0 Å². The summed E-state index contributed by atoms with van der Waals surface area (Å²) in [6.45, 7) is 9.57. The normalized spacial score (nSPS) is 11.1. The number of carbonyl (C=O) groups is 1. The number of benzene rings is 2. The molecule has 7 nitrogen and oxygen atoms in total. The fraction of sp³-hybridized carbons (Fsp3) is 0.250. The van der Waals surface area contributed by atoms with Crippen molar-refractivity contribution >= 4 is 17.8 Å². The Bertz CT molecular complexity index is 1190. The van der Waals surface area contributed by atoms with Crippen molar-refractivity contribution in [2.75, 3.05) is 0 Å². The van der Waals surface area contributed by atoms with Gasteiger partial charge in [0.1, 0.15) is 0 Å². The highest BCUT2D eigenvalue weighted by molar-refractivity contribution is 5.85. The van der Waals surface area contributed by atoms with E-state index in [9.17, 15) is 14.9 Å². The van der Waals surface area contributed by atoms with Crippen LogP contribution in [0.15, 0.2) is 47.6 Å². The lowest BCUT2D eigenvalue weighted by molar-refractivity contribution is -0.385. The number of hydrazone groups is 1. The van der Waals surface area contributed by atoms with Gasteiger partial charge in [0, 0.05) is 28.6 Å². The quantitative estimate of drug-likeness (QED) is 0.360. The van der Waals surface area contributed by atoms with E-state index in [1.165, 1.54) is 0 Å². The predicted octanol–water partition coefficient (Wildman–Crippen LogP) is 4.62. The van der Waals surface area contributed by atoms with Gasteiger partial charge in [-0.15, -0.1) is 0 Å². The molecule has 31 heavy (non-hydrogen) atoms. The minimum absolute atomic E-state index is 0.0823. The van der Waals surface area contributed by atoms with Crippen molar-refractivity contribution in [2.24, 2.45) is 5.10 Å². The number of nitrogens with zero attached hydrogens (tertiary/aromatic N) is 3. The minimum atomic E-state index is -0.374. The molecule has 0 fully saturated rings. The van der Waals surface area contributed by atoms with Gasteiger partial charge in [-0.05, 0) is 57.9 Å². The van der Waals surface area contributed by atoms with Crippen molar-refractivity contribution in [2.45, 2.75) is 41.0 Å². The number of hydrogen-bond acceptors (Lipinski definition) is 4. The molecule has 3 rings (SSSR count). The number of carbonyl (C=O) groups excluding carboxylic acids is 1. The molecule has 0 unspecified atom stereocenters. The van der Waals surface area contributed by atoms with Crippen molar-refractivity contribution in [3.05, 3.63) is 91.8 Å². The fourth-order valence-corrected chi connectivity index (χ4v) is 3.68. The maximum absolute atomic E-state index is 12.3. The Morgan fingerprint density at radius 2 is 1.81 bits per heavy atom. The summed E-state index contributed by atoms with van der Waals surface area (Å²) in [6.07, 6.45) is 1.86. The Morgan fingerprint density at radius 3 is 2.48 bits per heavy atom. The van der Waals surface area contributed by atoms with E-state index in [2.05, 4.69) is 16.6 Å². The van der Waals surface area contributed by atoms with Gasteiger partial charge in [-0.25, -0.2) is 5.43 Å². The van der Waals surface area contributed by atoms with Gasteiger partial charge in [0.25, 0.3) is 5.69 Å². The van der Waals surface area contributed by atoms with E-state index in [-0.39, 0.29) is 22.9 Å². The number of hydrogen-bond donors (Lipinski definition) is 1. The molecular weight excluding hydrogens is 392 g/mol. The molecule has 0 saturated carbocycles. The van der Waals surface area contributed by atoms with E-state index in [0.29, 0.717) is 11.3 Å². The monoisotopic (exact) mass is 418 g/mol. The zero-order chi connectivity index (χ0) is 22.7. The molecule has 0 radical (unpaired) electrons. The Morgan fingerprint density at radius 1 is 1.06 bits per heavy atom. The van der Waals surface area contributed by atoms with Gasteiger partial charge in [-0.3, -0.25) is 14.9 Å². The summed E-state index contributed by atoms with van der Waals surface area (Å²) in [4.78, 5) is 23.2. The maximum Gasteiger partial charge on any atom is 0.274 e. The molecule has 0 aliphatic carbocycles. The number of amides is 1. The molecular formula is C24H26N4O3. The van der Waals surface area contributed by atoms with Gasteiger partial charge in [0.05, 0.1) is 23.2 Å². The largest absolute Gasteiger partial charge is 0.318 e. The van der Waals surface area contributed by atoms with Crippen molar-refractivity contribution in [3.8, 4) is 5.69 Å². The van der Waals surface area contributed by atoms with Crippen LogP contribution in [-0.2, 0) is 11.2 Å². The van der Waals surface area contributed by atoms with Crippen LogP contribution in [0.3, 0.4) is 0 Å². The summed E-state index contributed by atoms with van der Waals surface area (Å²) in [6, 6.07) is 13.1. The van der Waals surface area contributed by atoms with Gasteiger partial charge < -0.3 is 4.57 Å². The summed E-state index contributed by atoms with van der Waals surface area (Å²) < 4.78 is 1.94. The van der Waals surface area contributed by atoms with E-state index in [1.807, 2.05) is 56.5 Å². The Hall–Kier alpha value is -3.74. The molecule has 160 valence electrons. The molecule has 0 spiro atoms. The lowest BCUT2D eigenvalue weighted by atomic mass is 10.0. The zero-order valence-corrected chi connectivity index (χ0v) is 18.4. The molecule has 1 amide bonds. The molecule has 0 aliphatic rings. The number of aromatic nitrogens is 1. The van der Waals surface area contributed by atoms with Crippen LogP contribution in [0.25, 0.3) is 5.69 Å². The Labute approximate surface area is 181 Å². The fourth-order valence-electron chi connectivity index (χ4n) is 3.68. The maximum atomic E-state index is 12.3. The molecule has 1 N–H and O–H groups in total. The topological polar surface area (TPSA) is 89.5 Å². The molecule has 2 aromatic carbocycles. The smallest absolute Gasteiger partial charge is 0.274 e. The van der Waals surface area contributed by atoms with Crippen molar-refractivity contribution < 1.29 is 9.72 Å². The first-order chi connectivity index (χ1) is 14.7. The van der Waals surface area contributed by atoms with E-state index in [4.69, 9.17) is 0 Å². The third kappa shape index (κ3) is 4.88. The van der Waals surface area contributed by atoms with Gasteiger partial charge in [-0.1, -0.05) is 29.8 Å². The molecule has 0 bridgehead atoms.